The lowest BCUT2D eigenvalue weighted by Gasteiger charge is -2.10. The molecular weight excluding hydrogens is 438 g/mol. The van der Waals surface area contributed by atoms with Gasteiger partial charge in [-0.15, -0.1) is 0 Å². The number of methoxy groups -OCH3 is 3. The van der Waals surface area contributed by atoms with Gasteiger partial charge >= 0.3 is 5.97 Å². The molecule has 3 aromatic carbocycles. The van der Waals surface area contributed by atoms with Crippen molar-refractivity contribution in [1.82, 2.24) is 9.97 Å². The number of aromatic amines is 1. The molecule has 0 bridgehead atoms. The van der Waals surface area contributed by atoms with Gasteiger partial charge in [0.05, 0.1) is 37.9 Å². The Morgan fingerprint density at radius 3 is 2.18 bits per heavy atom. The van der Waals surface area contributed by atoms with Crippen molar-refractivity contribution < 1.29 is 28.5 Å². The number of hydrogen-bond donors (Lipinski definition) is 2. The van der Waals surface area contributed by atoms with Crippen LogP contribution in [0.3, 0.4) is 0 Å². The maximum atomic E-state index is 12.5. The Balaban J connectivity index is 1.41. The summed E-state index contributed by atoms with van der Waals surface area (Å²) in [5.41, 5.74) is 3.02. The van der Waals surface area contributed by atoms with E-state index in [9.17, 15) is 9.59 Å². The smallest absolute Gasteiger partial charge is 0.338 e. The number of ether oxygens (including phenoxy) is 4. The van der Waals surface area contributed by atoms with E-state index < -0.39 is 18.5 Å². The van der Waals surface area contributed by atoms with E-state index in [4.69, 9.17) is 18.9 Å². The first-order valence-corrected chi connectivity index (χ1v) is 10.3. The van der Waals surface area contributed by atoms with Gasteiger partial charge in [0.2, 0.25) is 0 Å². The number of H-pyrrole nitrogens is 1. The topological polar surface area (TPSA) is 112 Å². The van der Waals surface area contributed by atoms with Crippen LogP contribution in [0.25, 0.3) is 22.4 Å². The molecule has 34 heavy (non-hydrogen) atoms. The Kier molecular flexibility index (Phi) is 6.63. The minimum Gasteiger partial charge on any atom is -0.497 e. The van der Waals surface area contributed by atoms with Crippen molar-refractivity contribution in [2.24, 2.45) is 0 Å². The van der Waals surface area contributed by atoms with Crippen LogP contribution < -0.4 is 19.5 Å². The van der Waals surface area contributed by atoms with Crippen LogP contribution in [0.1, 0.15) is 10.4 Å². The second kappa shape index (κ2) is 9.95. The van der Waals surface area contributed by atoms with E-state index in [0.29, 0.717) is 39.6 Å². The van der Waals surface area contributed by atoms with Crippen molar-refractivity contribution >= 4 is 28.6 Å². The summed E-state index contributed by atoms with van der Waals surface area (Å²) in [4.78, 5) is 32.5. The molecule has 0 fully saturated rings. The number of nitrogens with zero attached hydrogens (tertiary/aromatic N) is 1. The van der Waals surface area contributed by atoms with Crippen molar-refractivity contribution in [1.29, 1.82) is 0 Å². The standard InChI is InChI=1S/C25H23N3O6/c1-31-18-7-4-15(5-8-18)24-27-21-9-6-16(10-22(21)28-24)25(30)34-14-23(29)26-17-11-19(32-2)13-20(12-17)33-3/h4-13H,14H2,1-3H3,(H,26,29)(H,27,28). The molecule has 0 aliphatic heterocycles. The second-order valence-electron chi connectivity index (χ2n) is 7.27. The van der Waals surface area contributed by atoms with Crippen LogP contribution >= 0.6 is 0 Å². The number of aromatic nitrogens is 2. The Bertz CT molecular complexity index is 1310. The molecule has 0 saturated carbocycles. The third-order valence-corrected chi connectivity index (χ3v) is 5.05. The van der Waals surface area contributed by atoms with Gasteiger partial charge < -0.3 is 29.2 Å². The largest absolute Gasteiger partial charge is 0.497 e. The molecule has 0 spiro atoms. The van der Waals surface area contributed by atoms with Gasteiger partial charge in [-0.1, -0.05) is 0 Å². The lowest BCUT2D eigenvalue weighted by atomic mass is 10.2. The average Bonchev–Trinajstić information content (AvgIpc) is 3.30. The highest BCUT2D eigenvalue weighted by Gasteiger charge is 2.14. The van der Waals surface area contributed by atoms with Crippen molar-refractivity contribution in [2.45, 2.75) is 0 Å². The zero-order valence-corrected chi connectivity index (χ0v) is 18.9. The normalized spacial score (nSPS) is 10.6. The van der Waals surface area contributed by atoms with E-state index in [0.717, 1.165) is 11.3 Å². The molecule has 0 saturated heterocycles. The Morgan fingerprint density at radius 1 is 0.853 bits per heavy atom. The number of esters is 1. The van der Waals surface area contributed by atoms with Gasteiger partial charge in [-0.05, 0) is 42.5 Å². The van der Waals surface area contributed by atoms with E-state index in [1.165, 1.54) is 14.2 Å². The molecule has 0 aliphatic rings. The maximum Gasteiger partial charge on any atom is 0.338 e. The van der Waals surface area contributed by atoms with Crippen LogP contribution in [0.2, 0.25) is 0 Å². The van der Waals surface area contributed by atoms with Crippen LogP contribution in [0, 0.1) is 0 Å². The summed E-state index contributed by atoms with van der Waals surface area (Å²) >= 11 is 0. The van der Waals surface area contributed by atoms with Gasteiger partial charge in [0.15, 0.2) is 6.61 Å². The molecule has 0 radical (unpaired) electrons. The second-order valence-corrected chi connectivity index (χ2v) is 7.27. The zero-order valence-electron chi connectivity index (χ0n) is 18.9. The van der Waals surface area contributed by atoms with Crippen molar-refractivity contribution in [3.05, 3.63) is 66.2 Å². The van der Waals surface area contributed by atoms with E-state index in [-0.39, 0.29) is 0 Å². The number of hydrogen-bond acceptors (Lipinski definition) is 7. The van der Waals surface area contributed by atoms with Crippen LogP contribution in [0.15, 0.2) is 60.7 Å². The Morgan fingerprint density at radius 2 is 1.53 bits per heavy atom. The van der Waals surface area contributed by atoms with Gasteiger partial charge in [-0.3, -0.25) is 4.79 Å². The molecule has 4 aromatic rings. The fourth-order valence-corrected chi connectivity index (χ4v) is 3.31. The van der Waals surface area contributed by atoms with E-state index in [1.807, 2.05) is 24.3 Å². The van der Waals surface area contributed by atoms with Crippen LogP contribution in [0.4, 0.5) is 5.69 Å². The number of anilines is 1. The fourth-order valence-electron chi connectivity index (χ4n) is 3.31. The molecule has 0 aliphatic carbocycles. The van der Waals surface area contributed by atoms with Gasteiger partial charge in [0.25, 0.3) is 5.91 Å². The minimum absolute atomic E-state index is 0.299. The molecule has 2 N–H and O–H groups in total. The first-order valence-electron chi connectivity index (χ1n) is 10.3. The molecule has 174 valence electrons. The molecule has 9 nitrogen and oxygen atoms in total. The summed E-state index contributed by atoms with van der Waals surface area (Å²) < 4.78 is 20.7. The number of benzene rings is 3. The monoisotopic (exact) mass is 461 g/mol. The van der Waals surface area contributed by atoms with Crippen molar-refractivity contribution in [2.75, 3.05) is 33.3 Å². The Hall–Kier alpha value is -4.53. The summed E-state index contributed by atoms with van der Waals surface area (Å²) in [6.45, 7) is -0.448. The van der Waals surface area contributed by atoms with Crippen molar-refractivity contribution in [3.8, 4) is 28.6 Å². The Labute approximate surface area is 195 Å². The number of carbonyl (C=O) groups is 2. The molecule has 0 unspecified atom stereocenters. The highest BCUT2D eigenvalue weighted by molar-refractivity contribution is 5.97. The number of rotatable bonds is 8. The summed E-state index contributed by atoms with van der Waals surface area (Å²) in [5, 5.41) is 2.66. The van der Waals surface area contributed by atoms with Crippen molar-refractivity contribution in [3.63, 3.8) is 0 Å². The van der Waals surface area contributed by atoms with Crippen LogP contribution in [-0.4, -0.2) is 49.8 Å². The lowest BCUT2D eigenvalue weighted by Crippen LogP contribution is -2.21. The molecule has 4 rings (SSSR count). The average molecular weight is 461 g/mol. The molecule has 0 atom stereocenters. The summed E-state index contributed by atoms with van der Waals surface area (Å²) in [7, 11) is 4.63. The number of imidazole rings is 1. The number of carbonyl (C=O) groups excluding carboxylic acids is 2. The predicted octanol–water partition coefficient (Wildman–Crippen LogP) is 4.05. The highest BCUT2D eigenvalue weighted by Crippen LogP contribution is 2.26. The first-order chi connectivity index (χ1) is 16.5. The SMILES string of the molecule is COc1ccc(-c2nc3ccc(C(=O)OCC(=O)Nc4cc(OC)cc(OC)c4)cc3[nH]2)cc1. The molecule has 1 heterocycles. The summed E-state index contributed by atoms with van der Waals surface area (Å²) in [6.07, 6.45) is 0. The maximum absolute atomic E-state index is 12.5. The van der Waals surface area contributed by atoms with E-state index >= 15 is 0 Å². The summed E-state index contributed by atoms with van der Waals surface area (Å²) in [6, 6.07) is 17.4. The van der Waals surface area contributed by atoms with Gasteiger partial charge in [0.1, 0.15) is 23.1 Å². The zero-order chi connectivity index (χ0) is 24.1. The highest BCUT2D eigenvalue weighted by atomic mass is 16.5. The van der Waals surface area contributed by atoms with Crippen LogP contribution in [0.5, 0.6) is 17.2 Å². The fraction of sp³-hybridized carbons (Fsp3) is 0.160. The lowest BCUT2D eigenvalue weighted by molar-refractivity contribution is -0.119. The van der Waals surface area contributed by atoms with Gasteiger partial charge in [-0.25, -0.2) is 9.78 Å². The predicted molar refractivity (Wildman–Crippen MR) is 127 cm³/mol. The number of amides is 1. The van der Waals surface area contributed by atoms with E-state index in [1.54, 1.807) is 43.5 Å². The number of fused-ring (bicyclic) bond motifs is 1. The van der Waals surface area contributed by atoms with Gasteiger partial charge in [-0.2, -0.15) is 0 Å². The molecular formula is C25H23N3O6. The molecule has 1 aromatic heterocycles. The first kappa shape index (κ1) is 22.7. The molecule has 1 amide bonds. The minimum atomic E-state index is -0.624. The third-order valence-electron chi connectivity index (χ3n) is 5.05. The third kappa shape index (κ3) is 5.09. The van der Waals surface area contributed by atoms with Gasteiger partial charge in [0, 0.05) is 29.4 Å². The number of nitrogens with one attached hydrogen (secondary N) is 2. The van der Waals surface area contributed by atoms with Crippen LogP contribution in [-0.2, 0) is 9.53 Å². The molecule has 9 heteroatoms. The quantitative estimate of drug-likeness (QED) is 0.381. The van der Waals surface area contributed by atoms with E-state index in [2.05, 4.69) is 15.3 Å². The summed E-state index contributed by atoms with van der Waals surface area (Å²) in [5.74, 6) is 1.34.